The van der Waals surface area contributed by atoms with Crippen LogP contribution >= 0.6 is 0 Å². The minimum atomic E-state index is -0.210. The maximum absolute atomic E-state index is 6.49. The Bertz CT molecular complexity index is 920. The molecule has 1 aromatic heterocycles. The van der Waals surface area contributed by atoms with Gasteiger partial charge in [0.1, 0.15) is 0 Å². The molecule has 2 aromatic rings. The van der Waals surface area contributed by atoms with Gasteiger partial charge in [-0.25, -0.2) is 0 Å². The van der Waals surface area contributed by atoms with E-state index in [1.165, 1.54) is 16.7 Å². The highest BCUT2D eigenvalue weighted by atomic mass is 15.2. The zero-order chi connectivity index (χ0) is 20.9. The Morgan fingerprint density at radius 3 is 2.39 bits per heavy atom. The summed E-state index contributed by atoms with van der Waals surface area (Å²) in [4.78, 5) is 7.40. The number of hydrogen-bond acceptors (Lipinski definition) is 3. The van der Waals surface area contributed by atoms with E-state index in [9.17, 15) is 0 Å². The minimum absolute atomic E-state index is 0.0330. The highest BCUT2D eigenvalue weighted by Gasteiger charge is 2.42. The van der Waals surface area contributed by atoms with E-state index in [2.05, 4.69) is 96.8 Å². The largest absolute Gasteiger partial charge is 0.397 e. The van der Waals surface area contributed by atoms with E-state index < -0.39 is 0 Å². The van der Waals surface area contributed by atoms with Crippen LogP contribution in [0.15, 0.2) is 30.5 Å². The van der Waals surface area contributed by atoms with Gasteiger partial charge in [-0.2, -0.15) is 0 Å². The molecule has 3 rings (SSSR count). The van der Waals surface area contributed by atoms with E-state index in [1.54, 1.807) is 0 Å². The van der Waals surface area contributed by atoms with Gasteiger partial charge in [-0.3, -0.25) is 4.98 Å². The molecule has 0 bridgehead atoms. The lowest BCUT2D eigenvalue weighted by Gasteiger charge is -2.48. The summed E-state index contributed by atoms with van der Waals surface area (Å²) in [6, 6.07) is 8.78. The van der Waals surface area contributed by atoms with Crippen LogP contribution in [0.4, 0.5) is 11.4 Å². The monoisotopic (exact) mass is 377 g/mol. The normalized spacial score (nSPS) is 20.2. The second-order valence-corrected chi connectivity index (χ2v) is 9.52. The molecule has 2 unspecified atom stereocenters. The van der Waals surface area contributed by atoms with Gasteiger partial charge >= 0.3 is 0 Å². The molecule has 28 heavy (non-hydrogen) atoms. The summed E-state index contributed by atoms with van der Waals surface area (Å²) < 4.78 is 0. The lowest BCUT2D eigenvalue weighted by Crippen LogP contribution is -2.48. The van der Waals surface area contributed by atoms with Crippen LogP contribution in [0.3, 0.4) is 0 Å². The molecule has 0 aliphatic carbocycles. The summed E-state index contributed by atoms with van der Waals surface area (Å²) >= 11 is 0. The maximum Gasteiger partial charge on any atom is 0.0715 e. The van der Waals surface area contributed by atoms with Gasteiger partial charge in [-0.1, -0.05) is 47.1 Å². The molecule has 0 amide bonds. The molecule has 0 spiro atoms. The van der Waals surface area contributed by atoms with Crippen LogP contribution in [-0.4, -0.2) is 4.98 Å². The topological polar surface area (TPSA) is 42.2 Å². The van der Waals surface area contributed by atoms with Crippen molar-refractivity contribution in [2.24, 2.45) is 5.92 Å². The first-order valence-corrected chi connectivity index (χ1v) is 10.4. The van der Waals surface area contributed by atoms with Crippen molar-refractivity contribution < 1.29 is 0 Å². The van der Waals surface area contributed by atoms with E-state index in [0.29, 0.717) is 5.92 Å². The molecular weight excluding hydrogens is 342 g/mol. The van der Waals surface area contributed by atoms with Gasteiger partial charge in [0.25, 0.3) is 0 Å². The Labute approximate surface area is 170 Å². The van der Waals surface area contributed by atoms with Crippen molar-refractivity contribution in [3.8, 4) is 0 Å². The molecule has 0 radical (unpaired) electrons. The maximum atomic E-state index is 6.49. The molecule has 2 N–H and O–H groups in total. The number of anilines is 2. The number of pyridine rings is 1. The fraction of sp³-hybridized carbons (Fsp3) is 0.480. The van der Waals surface area contributed by atoms with Crippen molar-refractivity contribution in [1.29, 1.82) is 0 Å². The molecule has 150 valence electrons. The molecule has 3 heteroatoms. The van der Waals surface area contributed by atoms with E-state index in [-0.39, 0.29) is 11.0 Å². The van der Waals surface area contributed by atoms with Gasteiger partial charge in [0.15, 0.2) is 0 Å². The van der Waals surface area contributed by atoms with Crippen LogP contribution in [0, 0.1) is 19.8 Å². The molecule has 1 aliphatic heterocycles. The first-order chi connectivity index (χ1) is 13.0. The van der Waals surface area contributed by atoms with E-state index >= 15 is 0 Å². The predicted molar refractivity (Wildman–Crippen MR) is 122 cm³/mol. The van der Waals surface area contributed by atoms with Crippen LogP contribution in [-0.2, 0) is 11.0 Å². The lowest BCUT2D eigenvalue weighted by molar-refractivity contribution is 0.305. The first kappa shape index (κ1) is 20.4. The minimum Gasteiger partial charge on any atom is -0.397 e. The van der Waals surface area contributed by atoms with E-state index in [1.807, 2.05) is 0 Å². The standard InChI is InChI=1S/C25H35N3/c1-9-18(4)25(8)19-10-11-23(24(5,6)7)27-21(19)12-13-28(25)22-15-17(3)16(2)14-20(22)26/h10-15,18H,9,26H2,1-8H3. The Morgan fingerprint density at radius 1 is 1.14 bits per heavy atom. The van der Waals surface area contributed by atoms with Crippen molar-refractivity contribution in [1.82, 2.24) is 4.98 Å². The van der Waals surface area contributed by atoms with Crippen molar-refractivity contribution in [3.63, 3.8) is 0 Å². The number of aryl methyl sites for hydroxylation is 2. The van der Waals surface area contributed by atoms with Crippen LogP contribution in [0.1, 0.15) is 76.0 Å². The highest BCUT2D eigenvalue weighted by molar-refractivity contribution is 5.76. The number of nitrogens with two attached hydrogens (primary N) is 1. The molecule has 1 aliphatic rings. The van der Waals surface area contributed by atoms with Crippen LogP contribution < -0.4 is 10.6 Å². The number of rotatable bonds is 3. The number of benzene rings is 1. The second-order valence-electron chi connectivity index (χ2n) is 9.52. The molecule has 0 fully saturated rings. The Kier molecular flexibility index (Phi) is 5.07. The number of fused-ring (bicyclic) bond motifs is 1. The molecular formula is C25H35N3. The number of aromatic nitrogens is 1. The molecule has 3 nitrogen and oxygen atoms in total. The van der Waals surface area contributed by atoms with Crippen molar-refractivity contribution in [2.75, 3.05) is 10.6 Å². The fourth-order valence-corrected chi connectivity index (χ4v) is 4.14. The average molecular weight is 378 g/mol. The predicted octanol–water partition coefficient (Wildman–Crippen LogP) is 6.33. The van der Waals surface area contributed by atoms with Crippen molar-refractivity contribution in [3.05, 3.63) is 58.5 Å². The van der Waals surface area contributed by atoms with E-state index in [4.69, 9.17) is 10.7 Å². The van der Waals surface area contributed by atoms with Crippen LogP contribution in [0.25, 0.3) is 6.08 Å². The Balaban J connectivity index is 2.22. The Hall–Kier alpha value is -2.29. The third-order valence-corrected chi connectivity index (χ3v) is 6.59. The highest BCUT2D eigenvalue weighted by Crippen LogP contribution is 2.47. The summed E-state index contributed by atoms with van der Waals surface area (Å²) in [5.74, 6) is 0.430. The van der Waals surface area contributed by atoms with E-state index in [0.717, 1.165) is 29.2 Å². The van der Waals surface area contributed by atoms with Crippen LogP contribution in [0.5, 0.6) is 0 Å². The summed E-state index contributed by atoms with van der Waals surface area (Å²) in [5.41, 5.74) is 14.2. The summed E-state index contributed by atoms with van der Waals surface area (Å²) in [5, 5.41) is 0. The number of nitrogen functional groups attached to an aromatic ring is 1. The zero-order valence-corrected chi connectivity index (χ0v) is 18.7. The molecule has 2 heterocycles. The molecule has 0 saturated heterocycles. The summed E-state index contributed by atoms with van der Waals surface area (Å²) in [6.45, 7) is 17.8. The smallest absolute Gasteiger partial charge is 0.0715 e. The van der Waals surface area contributed by atoms with Gasteiger partial charge in [0.2, 0.25) is 0 Å². The van der Waals surface area contributed by atoms with Gasteiger partial charge < -0.3 is 10.6 Å². The molecule has 1 aromatic carbocycles. The lowest BCUT2D eigenvalue weighted by atomic mass is 9.74. The quantitative estimate of drug-likeness (QED) is 0.635. The second kappa shape index (κ2) is 6.95. The van der Waals surface area contributed by atoms with Gasteiger partial charge in [-0.15, -0.1) is 0 Å². The van der Waals surface area contributed by atoms with Gasteiger partial charge in [0.05, 0.1) is 22.6 Å². The zero-order valence-electron chi connectivity index (χ0n) is 18.7. The average Bonchev–Trinajstić information content (AvgIpc) is 2.63. The number of hydrogen-bond donors (Lipinski definition) is 1. The summed E-state index contributed by atoms with van der Waals surface area (Å²) in [6.07, 6.45) is 5.39. The third kappa shape index (κ3) is 3.21. The van der Waals surface area contributed by atoms with Crippen LogP contribution in [0.2, 0.25) is 0 Å². The van der Waals surface area contributed by atoms with Crippen molar-refractivity contribution >= 4 is 17.5 Å². The van der Waals surface area contributed by atoms with Gasteiger partial charge in [-0.05, 0) is 62.1 Å². The third-order valence-electron chi connectivity index (χ3n) is 6.59. The number of nitrogens with zero attached hydrogens (tertiary/aromatic N) is 2. The fourth-order valence-electron chi connectivity index (χ4n) is 4.14. The first-order valence-electron chi connectivity index (χ1n) is 10.4. The molecule has 0 saturated carbocycles. The summed E-state index contributed by atoms with van der Waals surface area (Å²) in [7, 11) is 0. The van der Waals surface area contributed by atoms with Crippen molar-refractivity contribution in [2.45, 2.75) is 72.8 Å². The SMILES string of the molecule is CCC(C)C1(C)c2ccc(C(C)(C)C)nc2C=CN1c1cc(C)c(C)cc1N. The van der Waals surface area contributed by atoms with Gasteiger partial charge in [0, 0.05) is 22.9 Å². The molecule has 2 atom stereocenters. The Morgan fingerprint density at radius 2 is 1.79 bits per heavy atom.